The standard InChI is InChI=1S/C11H13N3O/c15-8-11-12-9-13-14(11)7-6-10-4-2-1-3-5-10/h1-5,9,15H,6-8H2. The minimum absolute atomic E-state index is 0.0607. The SMILES string of the molecule is OCc1ncnn1CCc1ccccc1. The second-order valence-electron chi connectivity index (χ2n) is 3.29. The van der Waals surface area contributed by atoms with E-state index in [0.29, 0.717) is 5.82 Å². The summed E-state index contributed by atoms with van der Waals surface area (Å²) in [5.74, 6) is 0.617. The maximum absolute atomic E-state index is 8.98. The number of aromatic nitrogens is 3. The molecule has 0 bridgehead atoms. The Labute approximate surface area is 88.2 Å². The van der Waals surface area contributed by atoms with Gasteiger partial charge in [0, 0.05) is 6.54 Å². The lowest BCUT2D eigenvalue weighted by molar-refractivity contribution is 0.262. The van der Waals surface area contributed by atoms with Crippen LogP contribution in [0.5, 0.6) is 0 Å². The summed E-state index contributed by atoms with van der Waals surface area (Å²) >= 11 is 0. The molecular weight excluding hydrogens is 190 g/mol. The zero-order chi connectivity index (χ0) is 10.5. The number of aliphatic hydroxyl groups is 1. The molecule has 1 heterocycles. The molecule has 1 N–H and O–H groups in total. The molecule has 78 valence electrons. The van der Waals surface area contributed by atoms with Crippen LogP contribution >= 0.6 is 0 Å². The summed E-state index contributed by atoms with van der Waals surface area (Å²) in [6.45, 7) is 0.689. The zero-order valence-corrected chi connectivity index (χ0v) is 8.37. The van der Waals surface area contributed by atoms with E-state index in [1.807, 2.05) is 18.2 Å². The molecule has 0 aliphatic carbocycles. The Morgan fingerprint density at radius 3 is 2.73 bits per heavy atom. The van der Waals surface area contributed by atoms with Gasteiger partial charge < -0.3 is 5.11 Å². The van der Waals surface area contributed by atoms with Crippen molar-refractivity contribution >= 4 is 0 Å². The van der Waals surface area contributed by atoms with Crippen LogP contribution in [0.15, 0.2) is 36.7 Å². The maximum atomic E-state index is 8.98. The first-order chi connectivity index (χ1) is 7.40. The predicted octanol–water partition coefficient (Wildman–Crippen LogP) is 1.01. The van der Waals surface area contributed by atoms with Gasteiger partial charge in [0.05, 0.1) is 0 Å². The number of benzene rings is 1. The molecule has 2 rings (SSSR count). The van der Waals surface area contributed by atoms with Gasteiger partial charge in [-0.15, -0.1) is 0 Å². The fraction of sp³-hybridized carbons (Fsp3) is 0.273. The third-order valence-electron chi connectivity index (χ3n) is 2.29. The summed E-state index contributed by atoms with van der Waals surface area (Å²) < 4.78 is 1.73. The molecular formula is C11H13N3O. The Hall–Kier alpha value is -1.68. The maximum Gasteiger partial charge on any atom is 0.152 e. The number of aliphatic hydroxyl groups excluding tert-OH is 1. The quantitative estimate of drug-likeness (QED) is 0.807. The first-order valence-electron chi connectivity index (χ1n) is 4.91. The highest BCUT2D eigenvalue weighted by Crippen LogP contribution is 2.02. The summed E-state index contributed by atoms with van der Waals surface area (Å²) in [4.78, 5) is 3.95. The highest BCUT2D eigenvalue weighted by Gasteiger charge is 2.01. The highest BCUT2D eigenvalue weighted by atomic mass is 16.3. The lowest BCUT2D eigenvalue weighted by Crippen LogP contribution is -2.07. The molecule has 0 saturated carbocycles. The first-order valence-corrected chi connectivity index (χ1v) is 4.91. The first kappa shape index (κ1) is 9.86. The predicted molar refractivity (Wildman–Crippen MR) is 56.1 cm³/mol. The zero-order valence-electron chi connectivity index (χ0n) is 8.37. The average Bonchev–Trinajstić information content (AvgIpc) is 2.75. The van der Waals surface area contributed by atoms with Crippen molar-refractivity contribution in [1.29, 1.82) is 0 Å². The Morgan fingerprint density at radius 1 is 1.20 bits per heavy atom. The van der Waals surface area contributed by atoms with Crippen molar-refractivity contribution in [3.63, 3.8) is 0 Å². The van der Waals surface area contributed by atoms with Crippen molar-refractivity contribution in [3.05, 3.63) is 48.0 Å². The second-order valence-corrected chi connectivity index (χ2v) is 3.29. The Balaban J connectivity index is 1.99. The summed E-state index contributed by atoms with van der Waals surface area (Å²) in [6.07, 6.45) is 2.37. The van der Waals surface area contributed by atoms with Crippen LogP contribution in [0.2, 0.25) is 0 Å². The van der Waals surface area contributed by atoms with Crippen LogP contribution in [0.3, 0.4) is 0 Å². The third-order valence-corrected chi connectivity index (χ3v) is 2.29. The molecule has 1 aromatic carbocycles. The minimum Gasteiger partial charge on any atom is -0.388 e. The fourth-order valence-electron chi connectivity index (χ4n) is 1.48. The smallest absolute Gasteiger partial charge is 0.152 e. The summed E-state index contributed by atoms with van der Waals surface area (Å²) in [6, 6.07) is 10.2. The van der Waals surface area contributed by atoms with Crippen molar-refractivity contribution in [3.8, 4) is 0 Å². The lowest BCUT2D eigenvalue weighted by atomic mass is 10.1. The molecule has 0 atom stereocenters. The van der Waals surface area contributed by atoms with Crippen LogP contribution < -0.4 is 0 Å². The molecule has 2 aromatic rings. The molecule has 0 fully saturated rings. The van der Waals surface area contributed by atoms with Gasteiger partial charge in [0.25, 0.3) is 0 Å². The molecule has 0 aliphatic heterocycles. The molecule has 0 unspecified atom stereocenters. The molecule has 4 heteroatoms. The van der Waals surface area contributed by atoms with Crippen molar-refractivity contribution < 1.29 is 5.11 Å². The van der Waals surface area contributed by atoms with E-state index in [4.69, 9.17) is 5.11 Å². The Bertz CT molecular complexity index is 411. The van der Waals surface area contributed by atoms with Crippen LogP contribution in [-0.4, -0.2) is 19.9 Å². The summed E-state index contributed by atoms with van der Waals surface area (Å²) in [7, 11) is 0. The van der Waals surface area contributed by atoms with Gasteiger partial charge in [-0.2, -0.15) is 5.10 Å². The number of rotatable bonds is 4. The van der Waals surface area contributed by atoms with E-state index < -0.39 is 0 Å². The Kier molecular flexibility index (Phi) is 3.09. The van der Waals surface area contributed by atoms with Gasteiger partial charge in [-0.3, -0.25) is 0 Å². The van der Waals surface area contributed by atoms with Crippen molar-refractivity contribution in [2.45, 2.75) is 19.6 Å². The molecule has 0 radical (unpaired) electrons. The van der Waals surface area contributed by atoms with Gasteiger partial charge in [0.1, 0.15) is 12.9 Å². The molecule has 0 spiro atoms. The van der Waals surface area contributed by atoms with E-state index in [1.165, 1.54) is 11.9 Å². The minimum atomic E-state index is -0.0607. The number of aryl methyl sites for hydroxylation is 2. The van der Waals surface area contributed by atoms with Gasteiger partial charge in [0.2, 0.25) is 0 Å². The third kappa shape index (κ3) is 2.41. The lowest BCUT2D eigenvalue weighted by Gasteiger charge is -2.03. The van der Waals surface area contributed by atoms with Crippen molar-refractivity contribution in [2.75, 3.05) is 0 Å². The molecule has 1 aromatic heterocycles. The topological polar surface area (TPSA) is 50.9 Å². The van der Waals surface area contributed by atoms with E-state index in [9.17, 15) is 0 Å². The van der Waals surface area contributed by atoms with E-state index in [2.05, 4.69) is 22.2 Å². The van der Waals surface area contributed by atoms with Crippen molar-refractivity contribution in [1.82, 2.24) is 14.8 Å². The summed E-state index contributed by atoms with van der Waals surface area (Å²) in [5.41, 5.74) is 1.26. The summed E-state index contributed by atoms with van der Waals surface area (Å²) in [5, 5.41) is 13.0. The number of hydrogen-bond acceptors (Lipinski definition) is 3. The van der Waals surface area contributed by atoms with Crippen LogP contribution in [0.1, 0.15) is 11.4 Å². The molecule has 4 nitrogen and oxygen atoms in total. The number of hydrogen-bond donors (Lipinski definition) is 1. The van der Waals surface area contributed by atoms with E-state index in [0.717, 1.165) is 13.0 Å². The second kappa shape index (κ2) is 4.70. The Morgan fingerprint density at radius 2 is 2.00 bits per heavy atom. The van der Waals surface area contributed by atoms with E-state index in [-0.39, 0.29) is 6.61 Å². The number of nitrogens with zero attached hydrogens (tertiary/aromatic N) is 3. The van der Waals surface area contributed by atoms with Gasteiger partial charge in [-0.05, 0) is 12.0 Å². The van der Waals surface area contributed by atoms with E-state index >= 15 is 0 Å². The van der Waals surface area contributed by atoms with Crippen molar-refractivity contribution in [2.24, 2.45) is 0 Å². The highest BCUT2D eigenvalue weighted by molar-refractivity contribution is 5.14. The molecule has 15 heavy (non-hydrogen) atoms. The van der Waals surface area contributed by atoms with Gasteiger partial charge in [0.15, 0.2) is 5.82 Å². The molecule has 0 amide bonds. The van der Waals surface area contributed by atoms with Crippen LogP contribution in [0.4, 0.5) is 0 Å². The van der Waals surface area contributed by atoms with Gasteiger partial charge >= 0.3 is 0 Å². The molecule has 0 aliphatic rings. The van der Waals surface area contributed by atoms with Gasteiger partial charge in [-0.25, -0.2) is 9.67 Å². The molecule has 0 saturated heterocycles. The van der Waals surface area contributed by atoms with E-state index in [1.54, 1.807) is 4.68 Å². The average molecular weight is 203 g/mol. The largest absolute Gasteiger partial charge is 0.388 e. The monoisotopic (exact) mass is 203 g/mol. The fourth-order valence-corrected chi connectivity index (χ4v) is 1.48. The van der Waals surface area contributed by atoms with Crippen LogP contribution in [-0.2, 0) is 19.6 Å². The van der Waals surface area contributed by atoms with Crippen LogP contribution in [0.25, 0.3) is 0 Å². The van der Waals surface area contributed by atoms with Gasteiger partial charge in [-0.1, -0.05) is 30.3 Å². The normalized spacial score (nSPS) is 10.5. The van der Waals surface area contributed by atoms with Crippen LogP contribution in [0, 0.1) is 0 Å².